The first kappa shape index (κ1) is 20.2. The number of carbonyl (C=O) groups excluding carboxylic acids is 2. The number of allylic oxidation sites excluding steroid dienone is 2. The lowest BCUT2D eigenvalue weighted by molar-refractivity contribution is -0.136. The molecule has 1 saturated heterocycles. The minimum Gasteiger partial charge on any atom is -0.390 e. The van der Waals surface area contributed by atoms with Crippen molar-refractivity contribution in [2.75, 3.05) is 6.54 Å². The molecule has 0 aromatic heterocycles. The van der Waals surface area contributed by atoms with Gasteiger partial charge in [-0.05, 0) is 71.3 Å². The number of ketones is 1. The number of aliphatic hydroxyl groups is 1. The van der Waals surface area contributed by atoms with E-state index in [1.165, 1.54) is 0 Å². The van der Waals surface area contributed by atoms with Crippen LogP contribution in [0.5, 0.6) is 0 Å². The van der Waals surface area contributed by atoms with Gasteiger partial charge in [-0.1, -0.05) is 18.9 Å². The molecule has 0 aliphatic carbocycles. The maximum atomic E-state index is 12.8. The predicted molar refractivity (Wildman–Crippen MR) is 100 cm³/mol. The largest absolute Gasteiger partial charge is 0.390 e. The minimum atomic E-state index is -0.649. The van der Waals surface area contributed by atoms with E-state index in [-0.39, 0.29) is 23.7 Å². The molecule has 2 rings (SSSR count). The number of hydrogen-bond donors (Lipinski definition) is 1. The summed E-state index contributed by atoms with van der Waals surface area (Å²) in [7, 11) is 0. The van der Waals surface area contributed by atoms with Crippen LogP contribution in [0.1, 0.15) is 85.0 Å². The molecular weight excluding hydrogens is 314 g/mol. The van der Waals surface area contributed by atoms with Crippen LogP contribution in [0.25, 0.3) is 0 Å². The van der Waals surface area contributed by atoms with Crippen molar-refractivity contribution in [2.24, 2.45) is 5.92 Å². The summed E-state index contributed by atoms with van der Waals surface area (Å²) in [6.45, 7) is 6.69. The van der Waals surface area contributed by atoms with E-state index in [4.69, 9.17) is 0 Å². The van der Waals surface area contributed by atoms with Gasteiger partial charge >= 0.3 is 0 Å². The Balaban J connectivity index is 2.10. The first-order chi connectivity index (χ1) is 11.8. The van der Waals surface area contributed by atoms with E-state index in [0.29, 0.717) is 6.42 Å². The van der Waals surface area contributed by atoms with Crippen LogP contribution in [0.3, 0.4) is 0 Å². The summed E-state index contributed by atoms with van der Waals surface area (Å²) >= 11 is 0. The van der Waals surface area contributed by atoms with Gasteiger partial charge in [0.05, 0.1) is 5.60 Å². The summed E-state index contributed by atoms with van der Waals surface area (Å²) in [5.74, 6) is 0.299. The maximum Gasteiger partial charge on any atom is 0.225 e. The highest BCUT2D eigenvalue weighted by Gasteiger charge is 2.32. The average Bonchev–Trinajstić information content (AvgIpc) is 2.97. The van der Waals surface area contributed by atoms with E-state index >= 15 is 0 Å². The lowest BCUT2D eigenvalue weighted by Crippen LogP contribution is -2.40. The van der Waals surface area contributed by atoms with Crippen molar-refractivity contribution >= 4 is 11.7 Å². The van der Waals surface area contributed by atoms with Crippen LogP contribution in [-0.2, 0) is 9.59 Å². The molecule has 1 amide bonds. The number of rotatable bonds is 0. The third-order valence-corrected chi connectivity index (χ3v) is 5.81. The fourth-order valence-electron chi connectivity index (χ4n) is 4.21. The second-order valence-electron chi connectivity index (χ2n) is 8.49. The van der Waals surface area contributed by atoms with Crippen molar-refractivity contribution in [3.8, 4) is 0 Å². The van der Waals surface area contributed by atoms with Gasteiger partial charge in [0, 0.05) is 24.9 Å². The van der Waals surface area contributed by atoms with Crippen LogP contribution in [-0.4, -0.2) is 39.9 Å². The Bertz CT molecular complexity index is 509. The zero-order valence-corrected chi connectivity index (χ0v) is 16.2. The molecule has 0 saturated carbocycles. The summed E-state index contributed by atoms with van der Waals surface area (Å²) in [6, 6.07) is 0.0718. The molecule has 0 radical (unpaired) electrons. The molecule has 4 heteroatoms. The summed E-state index contributed by atoms with van der Waals surface area (Å²) in [4.78, 5) is 27.1. The lowest BCUT2D eigenvalue weighted by atomic mass is 9.89. The molecule has 2 heterocycles. The number of hydrogen-bond acceptors (Lipinski definition) is 3. The maximum absolute atomic E-state index is 12.8. The van der Waals surface area contributed by atoms with Crippen LogP contribution < -0.4 is 0 Å². The van der Waals surface area contributed by atoms with E-state index in [0.717, 1.165) is 69.9 Å². The topological polar surface area (TPSA) is 57.6 Å². The molecule has 0 bridgehead atoms. The van der Waals surface area contributed by atoms with Gasteiger partial charge in [0.1, 0.15) is 0 Å². The molecule has 0 spiro atoms. The van der Waals surface area contributed by atoms with E-state index < -0.39 is 5.60 Å². The van der Waals surface area contributed by atoms with Gasteiger partial charge in [0.15, 0.2) is 5.78 Å². The Hall–Kier alpha value is -1.16. The first-order valence-electron chi connectivity index (χ1n) is 10.0. The molecule has 0 unspecified atom stereocenters. The van der Waals surface area contributed by atoms with Gasteiger partial charge in [-0.15, -0.1) is 0 Å². The highest BCUT2D eigenvalue weighted by atomic mass is 16.3. The standard InChI is InChI=1S/C21H35NO3/c1-16-8-4-5-11-21(3,25)12-6-9-17(2)20(24)22-13-7-10-18(22)15-19(23)14-16/h14,17-18,25H,4-13,15H2,1-3H3/b16-14+/t17-,18+,21-/m1/s1. The van der Waals surface area contributed by atoms with Crippen LogP contribution in [0.15, 0.2) is 11.6 Å². The Kier molecular flexibility index (Phi) is 7.24. The first-order valence-corrected chi connectivity index (χ1v) is 10.0. The predicted octanol–water partition coefficient (Wildman–Crippen LogP) is 4.01. The average molecular weight is 350 g/mol. The smallest absolute Gasteiger partial charge is 0.225 e. The second kappa shape index (κ2) is 8.98. The third kappa shape index (κ3) is 6.25. The zero-order chi connectivity index (χ0) is 18.4. The number of nitrogens with zero attached hydrogens (tertiary/aromatic N) is 1. The Labute approximate surface area is 152 Å². The molecule has 3 atom stereocenters. The molecule has 142 valence electrons. The van der Waals surface area contributed by atoms with E-state index in [9.17, 15) is 14.7 Å². The van der Waals surface area contributed by atoms with E-state index in [2.05, 4.69) is 0 Å². The highest BCUT2D eigenvalue weighted by Crippen LogP contribution is 2.27. The Morgan fingerprint density at radius 3 is 2.60 bits per heavy atom. The molecular formula is C21H35NO3. The number of amides is 1. The summed E-state index contributed by atoms with van der Waals surface area (Å²) in [5.41, 5.74) is 0.463. The number of carbonyl (C=O) groups is 2. The van der Waals surface area contributed by atoms with Gasteiger partial charge in [-0.25, -0.2) is 0 Å². The van der Waals surface area contributed by atoms with Crippen molar-refractivity contribution in [3.05, 3.63) is 11.6 Å². The van der Waals surface area contributed by atoms with Crippen LogP contribution in [0.4, 0.5) is 0 Å². The Morgan fingerprint density at radius 2 is 1.84 bits per heavy atom. The molecule has 4 nitrogen and oxygen atoms in total. The molecule has 1 N–H and O–H groups in total. The Morgan fingerprint density at radius 1 is 1.12 bits per heavy atom. The summed E-state index contributed by atoms with van der Waals surface area (Å²) in [6.07, 6.45) is 10.3. The van der Waals surface area contributed by atoms with Crippen molar-refractivity contribution in [1.82, 2.24) is 4.90 Å². The van der Waals surface area contributed by atoms with Crippen molar-refractivity contribution in [1.29, 1.82) is 0 Å². The zero-order valence-electron chi connectivity index (χ0n) is 16.2. The fourth-order valence-corrected chi connectivity index (χ4v) is 4.21. The highest BCUT2D eigenvalue weighted by molar-refractivity contribution is 5.91. The third-order valence-electron chi connectivity index (χ3n) is 5.81. The van der Waals surface area contributed by atoms with E-state index in [1.54, 1.807) is 6.08 Å². The minimum absolute atomic E-state index is 0.0308. The van der Waals surface area contributed by atoms with Gasteiger partial charge in [0.25, 0.3) is 0 Å². The molecule has 0 aromatic carbocycles. The van der Waals surface area contributed by atoms with Crippen LogP contribution in [0, 0.1) is 5.92 Å². The second-order valence-corrected chi connectivity index (χ2v) is 8.49. The van der Waals surface area contributed by atoms with Gasteiger partial charge in [-0.2, -0.15) is 0 Å². The fraction of sp³-hybridized carbons (Fsp3) is 0.810. The summed E-state index contributed by atoms with van der Waals surface area (Å²) < 4.78 is 0. The van der Waals surface area contributed by atoms with Gasteiger partial charge in [-0.3, -0.25) is 9.59 Å². The van der Waals surface area contributed by atoms with Crippen molar-refractivity contribution < 1.29 is 14.7 Å². The van der Waals surface area contributed by atoms with Gasteiger partial charge in [0.2, 0.25) is 5.91 Å². The normalized spacial score (nSPS) is 36.0. The van der Waals surface area contributed by atoms with Crippen molar-refractivity contribution in [3.63, 3.8) is 0 Å². The SMILES string of the molecule is C/C1=C\C(=O)C[C@@H]2CCCN2C(=O)[C@H](C)CCC[C@](C)(O)CCCC1. The molecule has 25 heavy (non-hydrogen) atoms. The quantitative estimate of drug-likeness (QED) is 0.719. The number of fused-ring (bicyclic) bond motifs is 1. The molecule has 2 aliphatic heterocycles. The monoisotopic (exact) mass is 349 g/mol. The lowest BCUT2D eigenvalue weighted by Gasteiger charge is -2.28. The molecule has 2 aliphatic rings. The van der Waals surface area contributed by atoms with Crippen molar-refractivity contribution in [2.45, 2.75) is 96.6 Å². The molecule has 0 aromatic rings. The molecule has 1 fully saturated rings. The van der Waals surface area contributed by atoms with Crippen LogP contribution in [0.2, 0.25) is 0 Å². The summed E-state index contributed by atoms with van der Waals surface area (Å²) in [5, 5.41) is 10.5. The van der Waals surface area contributed by atoms with E-state index in [1.807, 2.05) is 25.7 Å². The van der Waals surface area contributed by atoms with Gasteiger partial charge < -0.3 is 10.0 Å². The van der Waals surface area contributed by atoms with Crippen LogP contribution >= 0.6 is 0 Å².